The van der Waals surface area contributed by atoms with Crippen LogP contribution in [0.3, 0.4) is 0 Å². The highest BCUT2D eigenvalue weighted by molar-refractivity contribution is 5.94. The Bertz CT molecular complexity index is 396. The molecule has 6 nitrogen and oxygen atoms in total. The SMILES string of the molecule is C#CCN(CC)C(=O)NC(=O)CC(C)(C)CC(=O)O. The maximum absolute atomic E-state index is 11.7. The highest BCUT2D eigenvalue weighted by Crippen LogP contribution is 2.24. The number of carboxylic acid groups (broad SMARTS) is 1. The molecule has 0 heterocycles. The fraction of sp³-hybridized carbons (Fsp3) is 0.615. The highest BCUT2D eigenvalue weighted by atomic mass is 16.4. The van der Waals surface area contributed by atoms with E-state index in [2.05, 4.69) is 11.2 Å². The molecule has 6 heteroatoms. The Balaban J connectivity index is 4.42. The van der Waals surface area contributed by atoms with Crippen molar-refractivity contribution in [2.45, 2.75) is 33.6 Å². The van der Waals surface area contributed by atoms with Gasteiger partial charge >= 0.3 is 12.0 Å². The van der Waals surface area contributed by atoms with Crippen molar-refractivity contribution in [3.8, 4) is 12.3 Å². The van der Waals surface area contributed by atoms with Crippen LogP contribution in [0.5, 0.6) is 0 Å². The van der Waals surface area contributed by atoms with E-state index >= 15 is 0 Å². The second-order valence-electron chi connectivity index (χ2n) is 4.98. The molecule has 0 aromatic rings. The third kappa shape index (κ3) is 7.09. The molecule has 0 aliphatic heterocycles. The molecule has 0 aliphatic carbocycles. The van der Waals surface area contributed by atoms with Crippen molar-refractivity contribution in [3.63, 3.8) is 0 Å². The van der Waals surface area contributed by atoms with E-state index in [9.17, 15) is 14.4 Å². The van der Waals surface area contributed by atoms with Crippen LogP contribution in [-0.2, 0) is 9.59 Å². The van der Waals surface area contributed by atoms with Crippen molar-refractivity contribution in [1.29, 1.82) is 0 Å². The number of terminal acetylenes is 1. The second-order valence-corrected chi connectivity index (χ2v) is 4.98. The summed E-state index contributed by atoms with van der Waals surface area (Å²) in [4.78, 5) is 35.3. The third-order valence-corrected chi connectivity index (χ3v) is 2.47. The zero-order valence-electron chi connectivity index (χ0n) is 11.5. The van der Waals surface area contributed by atoms with Gasteiger partial charge in [0.1, 0.15) is 0 Å². The summed E-state index contributed by atoms with van der Waals surface area (Å²) in [5.41, 5.74) is -0.709. The van der Waals surface area contributed by atoms with Crippen molar-refractivity contribution >= 4 is 17.9 Å². The number of carbonyl (C=O) groups is 3. The Kier molecular flexibility index (Phi) is 6.62. The minimum Gasteiger partial charge on any atom is -0.481 e. The van der Waals surface area contributed by atoms with Gasteiger partial charge in [-0.2, -0.15) is 0 Å². The van der Waals surface area contributed by atoms with Gasteiger partial charge in [0.25, 0.3) is 0 Å². The van der Waals surface area contributed by atoms with E-state index < -0.39 is 23.3 Å². The Labute approximate surface area is 113 Å². The van der Waals surface area contributed by atoms with Gasteiger partial charge in [-0.15, -0.1) is 6.42 Å². The summed E-state index contributed by atoms with van der Waals surface area (Å²) in [6.07, 6.45) is 4.92. The molecular formula is C13H20N2O4. The first-order valence-corrected chi connectivity index (χ1v) is 5.96. The van der Waals surface area contributed by atoms with Crippen LogP contribution in [0.1, 0.15) is 33.6 Å². The molecule has 0 fully saturated rings. The maximum Gasteiger partial charge on any atom is 0.324 e. The average molecular weight is 268 g/mol. The standard InChI is InChI=1S/C13H20N2O4/c1-5-7-15(6-2)12(19)14-10(16)8-13(3,4)9-11(17)18/h1H,6-9H2,2-4H3,(H,17,18)(H,14,16,19). The lowest BCUT2D eigenvalue weighted by atomic mass is 9.85. The van der Waals surface area contributed by atoms with E-state index in [1.165, 1.54) is 4.90 Å². The lowest BCUT2D eigenvalue weighted by Gasteiger charge is -2.23. The predicted octanol–water partition coefficient (Wildman–Crippen LogP) is 1.07. The van der Waals surface area contributed by atoms with Crippen molar-refractivity contribution in [2.24, 2.45) is 5.41 Å². The first kappa shape index (κ1) is 17.0. The predicted molar refractivity (Wildman–Crippen MR) is 70.3 cm³/mol. The molecule has 0 aromatic heterocycles. The number of hydrogen-bond acceptors (Lipinski definition) is 3. The fourth-order valence-electron chi connectivity index (χ4n) is 1.59. The van der Waals surface area contributed by atoms with Gasteiger partial charge < -0.3 is 10.0 Å². The summed E-state index contributed by atoms with van der Waals surface area (Å²) < 4.78 is 0. The Morgan fingerprint density at radius 2 is 1.89 bits per heavy atom. The summed E-state index contributed by atoms with van der Waals surface area (Å²) in [6.45, 7) is 5.57. The monoisotopic (exact) mass is 268 g/mol. The summed E-state index contributed by atoms with van der Waals surface area (Å²) >= 11 is 0. The molecule has 0 radical (unpaired) electrons. The van der Waals surface area contributed by atoms with Crippen LogP contribution in [0.2, 0.25) is 0 Å². The van der Waals surface area contributed by atoms with Crippen molar-refractivity contribution in [2.75, 3.05) is 13.1 Å². The Hall–Kier alpha value is -2.03. The normalized spacial score (nSPS) is 10.4. The van der Waals surface area contributed by atoms with Crippen molar-refractivity contribution < 1.29 is 19.5 Å². The van der Waals surface area contributed by atoms with E-state index in [4.69, 9.17) is 11.5 Å². The van der Waals surface area contributed by atoms with Crippen molar-refractivity contribution in [3.05, 3.63) is 0 Å². The van der Waals surface area contributed by atoms with Crippen LogP contribution in [0.4, 0.5) is 4.79 Å². The lowest BCUT2D eigenvalue weighted by molar-refractivity contribution is -0.139. The minimum atomic E-state index is -0.980. The molecule has 0 bridgehead atoms. The van der Waals surface area contributed by atoms with Gasteiger partial charge in [0.15, 0.2) is 0 Å². The van der Waals surface area contributed by atoms with Gasteiger partial charge in [-0.3, -0.25) is 14.9 Å². The van der Waals surface area contributed by atoms with Gasteiger partial charge in [0.2, 0.25) is 5.91 Å². The maximum atomic E-state index is 11.7. The molecule has 0 rings (SSSR count). The molecule has 0 atom stereocenters. The number of hydrogen-bond donors (Lipinski definition) is 2. The Morgan fingerprint density at radius 1 is 1.32 bits per heavy atom. The van der Waals surface area contributed by atoms with Crippen LogP contribution in [-0.4, -0.2) is 41.0 Å². The highest BCUT2D eigenvalue weighted by Gasteiger charge is 2.26. The quantitative estimate of drug-likeness (QED) is 0.705. The second kappa shape index (κ2) is 7.41. The van der Waals surface area contributed by atoms with E-state index in [0.717, 1.165) is 0 Å². The largest absolute Gasteiger partial charge is 0.481 e. The summed E-state index contributed by atoms with van der Waals surface area (Å²) in [7, 11) is 0. The molecule has 19 heavy (non-hydrogen) atoms. The number of amides is 3. The Morgan fingerprint density at radius 3 is 2.32 bits per heavy atom. The molecule has 0 saturated heterocycles. The van der Waals surface area contributed by atoms with Crippen LogP contribution < -0.4 is 5.32 Å². The number of nitrogens with zero attached hydrogens (tertiary/aromatic N) is 1. The molecule has 0 aromatic carbocycles. The lowest BCUT2D eigenvalue weighted by Crippen LogP contribution is -2.44. The zero-order valence-corrected chi connectivity index (χ0v) is 11.5. The minimum absolute atomic E-state index is 0.0430. The number of urea groups is 1. The van der Waals surface area contributed by atoms with Crippen LogP contribution in [0, 0.1) is 17.8 Å². The van der Waals surface area contributed by atoms with Crippen LogP contribution >= 0.6 is 0 Å². The topological polar surface area (TPSA) is 86.7 Å². The molecular weight excluding hydrogens is 248 g/mol. The molecule has 0 saturated carbocycles. The van der Waals surface area contributed by atoms with Crippen LogP contribution in [0.15, 0.2) is 0 Å². The summed E-state index contributed by atoms with van der Waals surface area (Å²) in [6, 6.07) is -0.559. The van der Waals surface area contributed by atoms with E-state index in [1.807, 2.05) is 0 Å². The van der Waals surface area contributed by atoms with Gasteiger partial charge in [0, 0.05) is 13.0 Å². The molecule has 3 amide bonds. The number of carbonyl (C=O) groups excluding carboxylic acids is 2. The summed E-state index contributed by atoms with van der Waals surface area (Å²) in [5, 5.41) is 10.9. The van der Waals surface area contributed by atoms with Gasteiger partial charge in [-0.05, 0) is 12.3 Å². The van der Waals surface area contributed by atoms with Gasteiger partial charge in [0.05, 0.1) is 13.0 Å². The zero-order chi connectivity index (χ0) is 15.1. The smallest absolute Gasteiger partial charge is 0.324 e. The average Bonchev–Trinajstić information content (AvgIpc) is 2.22. The molecule has 106 valence electrons. The number of rotatable bonds is 6. The van der Waals surface area contributed by atoms with E-state index in [0.29, 0.717) is 6.54 Å². The first-order chi connectivity index (χ1) is 8.71. The van der Waals surface area contributed by atoms with Gasteiger partial charge in [-0.1, -0.05) is 19.8 Å². The molecule has 0 unspecified atom stereocenters. The summed E-state index contributed by atoms with van der Waals surface area (Å²) in [5.74, 6) is 0.836. The van der Waals surface area contributed by atoms with E-state index in [-0.39, 0.29) is 19.4 Å². The van der Waals surface area contributed by atoms with Crippen molar-refractivity contribution in [1.82, 2.24) is 10.2 Å². The molecule has 0 spiro atoms. The third-order valence-electron chi connectivity index (χ3n) is 2.47. The first-order valence-electron chi connectivity index (χ1n) is 5.96. The fourth-order valence-corrected chi connectivity index (χ4v) is 1.59. The molecule has 2 N–H and O–H groups in total. The number of nitrogens with one attached hydrogen (secondary N) is 1. The molecule has 0 aliphatic rings. The van der Waals surface area contributed by atoms with Gasteiger partial charge in [-0.25, -0.2) is 4.79 Å². The van der Waals surface area contributed by atoms with E-state index in [1.54, 1.807) is 20.8 Å². The number of aliphatic carboxylic acids is 1. The number of carboxylic acids is 1. The van der Waals surface area contributed by atoms with Crippen LogP contribution in [0.25, 0.3) is 0 Å². The number of imide groups is 1.